The van der Waals surface area contributed by atoms with Crippen molar-refractivity contribution in [3.8, 4) is 39.9 Å². The topological polar surface area (TPSA) is 56.7 Å². The van der Waals surface area contributed by atoms with Crippen molar-refractivity contribution in [1.82, 2.24) is 19.5 Å². The number of para-hydroxylation sites is 2. The molecular formula is C45H26N4OS. The molecule has 11 rings (SSSR count). The van der Waals surface area contributed by atoms with Crippen molar-refractivity contribution in [1.29, 1.82) is 0 Å². The number of nitrogens with zero attached hydrogens (tertiary/aromatic N) is 4. The summed E-state index contributed by atoms with van der Waals surface area (Å²) in [4.78, 5) is 15.1. The lowest BCUT2D eigenvalue weighted by atomic mass is 10.1. The van der Waals surface area contributed by atoms with E-state index in [9.17, 15) is 0 Å². The van der Waals surface area contributed by atoms with Crippen LogP contribution in [0.5, 0.6) is 0 Å². The highest BCUT2D eigenvalue weighted by Crippen LogP contribution is 2.42. The van der Waals surface area contributed by atoms with Gasteiger partial charge in [0, 0.05) is 58.7 Å². The third-order valence-electron chi connectivity index (χ3n) is 9.85. The van der Waals surface area contributed by atoms with Crippen molar-refractivity contribution in [3.05, 3.63) is 158 Å². The number of hydrogen-bond acceptors (Lipinski definition) is 5. The second kappa shape index (κ2) is 10.9. The molecule has 0 aliphatic heterocycles. The number of hydrogen-bond donors (Lipinski definition) is 0. The van der Waals surface area contributed by atoms with Crippen LogP contribution < -0.4 is 0 Å². The van der Waals surface area contributed by atoms with E-state index in [0.29, 0.717) is 17.5 Å². The first-order valence-corrected chi connectivity index (χ1v) is 17.8. The monoisotopic (exact) mass is 670 g/mol. The van der Waals surface area contributed by atoms with Crippen molar-refractivity contribution < 1.29 is 4.42 Å². The molecule has 0 radical (unpaired) electrons. The first kappa shape index (κ1) is 28.2. The summed E-state index contributed by atoms with van der Waals surface area (Å²) in [5, 5.41) is 7.06. The van der Waals surface area contributed by atoms with Crippen molar-refractivity contribution >= 4 is 75.3 Å². The molecule has 5 nitrogen and oxygen atoms in total. The van der Waals surface area contributed by atoms with Gasteiger partial charge in [0.2, 0.25) is 0 Å². The van der Waals surface area contributed by atoms with Gasteiger partial charge in [0.15, 0.2) is 17.5 Å². The van der Waals surface area contributed by atoms with Gasteiger partial charge in [-0.3, -0.25) is 0 Å². The molecule has 11 aromatic rings. The number of thiophene rings is 1. The molecule has 51 heavy (non-hydrogen) atoms. The highest BCUT2D eigenvalue weighted by Gasteiger charge is 2.20. The maximum atomic E-state index is 6.63. The van der Waals surface area contributed by atoms with Crippen LogP contribution in [0.1, 0.15) is 0 Å². The Kier molecular flexibility index (Phi) is 6.05. The molecule has 6 heteroatoms. The summed E-state index contributed by atoms with van der Waals surface area (Å²) in [6.07, 6.45) is 0. The van der Waals surface area contributed by atoms with Gasteiger partial charge < -0.3 is 8.98 Å². The van der Waals surface area contributed by atoms with Gasteiger partial charge in [-0.15, -0.1) is 11.3 Å². The highest BCUT2D eigenvalue weighted by molar-refractivity contribution is 7.25. The molecule has 4 aromatic heterocycles. The van der Waals surface area contributed by atoms with Crippen LogP contribution in [0.25, 0.3) is 104 Å². The van der Waals surface area contributed by atoms with Crippen molar-refractivity contribution in [3.63, 3.8) is 0 Å². The smallest absolute Gasteiger partial charge is 0.164 e. The van der Waals surface area contributed by atoms with E-state index < -0.39 is 0 Å². The van der Waals surface area contributed by atoms with E-state index in [-0.39, 0.29) is 0 Å². The van der Waals surface area contributed by atoms with Crippen LogP contribution >= 0.6 is 11.3 Å². The van der Waals surface area contributed by atoms with E-state index in [1.54, 1.807) is 11.3 Å². The average molecular weight is 671 g/mol. The Labute approximate surface area is 295 Å². The molecule has 0 N–H and O–H groups in total. The minimum atomic E-state index is 0.598. The Morgan fingerprint density at radius 1 is 0.431 bits per heavy atom. The van der Waals surface area contributed by atoms with E-state index in [1.807, 2.05) is 30.3 Å². The Morgan fingerprint density at radius 2 is 1.04 bits per heavy atom. The lowest BCUT2D eigenvalue weighted by molar-refractivity contribution is 0.669. The second-order valence-corrected chi connectivity index (χ2v) is 13.9. The lowest BCUT2D eigenvalue weighted by Gasteiger charge is -2.09. The summed E-state index contributed by atoms with van der Waals surface area (Å²) in [6.45, 7) is 0. The number of benzene rings is 7. The number of furan rings is 1. The fraction of sp³-hybridized carbons (Fsp3) is 0. The summed E-state index contributed by atoms with van der Waals surface area (Å²) in [5.74, 6) is 1.86. The zero-order chi connectivity index (χ0) is 33.5. The molecule has 0 aliphatic carbocycles. The van der Waals surface area contributed by atoms with Crippen LogP contribution in [0.2, 0.25) is 0 Å². The van der Waals surface area contributed by atoms with Crippen molar-refractivity contribution in [2.75, 3.05) is 0 Å². The van der Waals surface area contributed by atoms with Crippen LogP contribution in [0, 0.1) is 0 Å². The summed E-state index contributed by atoms with van der Waals surface area (Å²) >= 11 is 1.79. The number of rotatable bonds is 4. The fourth-order valence-corrected chi connectivity index (χ4v) is 8.66. The zero-order valence-corrected chi connectivity index (χ0v) is 27.9. The van der Waals surface area contributed by atoms with E-state index >= 15 is 0 Å². The normalized spacial score (nSPS) is 11.9. The molecule has 7 aromatic carbocycles. The predicted octanol–water partition coefficient (Wildman–Crippen LogP) is 12.2. The maximum Gasteiger partial charge on any atom is 0.164 e. The molecule has 0 atom stereocenters. The van der Waals surface area contributed by atoms with Gasteiger partial charge in [0.05, 0.1) is 16.4 Å². The zero-order valence-electron chi connectivity index (χ0n) is 27.1. The molecule has 0 saturated carbocycles. The van der Waals surface area contributed by atoms with Gasteiger partial charge in [-0.25, -0.2) is 15.0 Å². The quantitative estimate of drug-likeness (QED) is 0.187. The summed E-state index contributed by atoms with van der Waals surface area (Å²) < 4.78 is 11.5. The van der Waals surface area contributed by atoms with Gasteiger partial charge in [0.1, 0.15) is 11.2 Å². The van der Waals surface area contributed by atoms with Crippen LogP contribution in [0.15, 0.2) is 162 Å². The van der Waals surface area contributed by atoms with Crippen LogP contribution in [0.3, 0.4) is 0 Å². The highest BCUT2D eigenvalue weighted by atomic mass is 32.1. The molecule has 0 unspecified atom stereocenters. The molecule has 0 aliphatic rings. The standard InChI is InChI=1S/C45H26N4OS/c1-3-11-27(12-4-1)43-46-44(48-45(47-43)29-19-21-33-32-16-8-10-18-39(32)51-40(33)26-29)28-20-22-35-38(25-28)50-37-24-23-34-31-15-7-9-17-36(31)49(42(34)41(35)37)30-13-5-2-6-14-30/h1-26H. The maximum absolute atomic E-state index is 6.63. The minimum Gasteiger partial charge on any atom is -0.456 e. The minimum absolute atomic E-state index is 0.598. The SMILES string of the molecule is c1ccc(-c2nc(-c3ccc4c(c3)oc3ccc5c6ccccc6n(-c6ccccc6)c5c34)nc(-c3ccc4c(c3)sc3ccccc34)n2)cc1. The number of fused-ring (bicyclic) bond motifs is 10. The molecule has 0 bridgehead atoms. The van der Waals surface area contributed by atoms with Gasteiger partial charge in [-0.05, 0) is 54.6 Å². The van der Waals surface area contributed by atoms with Gasteiger partial charge >= 0.3 is 0 Å². The van der Waals surface area contributed by atoms with Gasteiger partial charge in [-0.2, -0.15) is 0 Å². The molecule has 238 valence electrons. The summed E-state index contributed by atoms with van der Waals surface area (Å²) in [6, 6.07) is 54.9. The van der Waals surface area contributed by atoms with Crippen LogP contribution in [-0.4, -0.2) is 19.5 Å². The Hall–Kier alpha value is -6.63. The molecule has 0 fully saturated rings. The Balaban J connectivity index is 1.12. The molecule has 0 saturated heterocycles. The predicted molar refractivity (Wildman–Crippen MR) is 211 cm³/mol. The van der Waals surface area contributed by atoms with E-state index in [0.717, 1.165) is 55.3 Å². The first-order valence-electron chi connectivity index (χ1n) is 16.9. The average Bonchev–Trinajstić information content (AvgIpc) is 3.87. The molecular weight excluding hydrogens is 645 g/mol. The lowest BCUT2D eigenvalue weighted by Crippen LogP contribution is -2.00. The van der Waals surface area contributed by atoms with E-state index in [4.69, 9.17) is 19.4 Å². The van der Waals surface area contributed by atoms with Gasteiger partial charge in [0.25, 0.3) is 0 Å². The number of aromatic nitrogens is 4. The first-order chi connectivity index (χ1) is 25.3. The second-order valence-electron chi connectivity index (χ2n) is 12.8. The molecule has 0 spiro atoms. The van der Waals surface area contributed by atoms with Crippen LogP contribution in [0.4, 0.5) is 0 Å². The summed E-state index contributed by atoms with van der Waals surface area (Å²) in [5.41, 5.74) is 7.80. The summed E-state index contributed by atoms with van der Waals surface area (Å²) in [7, 11) is 0. The largest absolute Gasteiger partial charge is 0.456 e. The third kappa shape index (κ3) is 4.37. The van der Waals surface area contributed by atoms with E-state index in [1.165, 1.54) is 30.9 Å². The van der Waals surface area contributed by atoms with Crippen molar-refractivity contribution in [2.24, 2.45) is 0 Å². The Bertz CT molecular complexity index is 3140. The molecule has 0 amide bonds. The van der Waals surface area contributed by atoms with Crippen LogP contribution in [-0.2, 0) is 0 Å². The Morgan fingerprint density at radius 3 is 1.84 bits per heavy atom. The molecule has 4 heterocycles. The van der Waals surface area contributed by atoms with E-state index in [2.05, 4.69) is 132 Å². The van der Waals surface area contributed by atoms with Gasteiger partial charge in [-0.1, -0.05) is 103 Å². The third-order valence-corrected chi connectivity index (χ3v) is 11.0. The van der Waals surface area contributed by atoms with Crippen molar-refractivity contribution in [2.45, 2.75) is 0 Å². The fourth-order valence-electron chi connectivity index (χ4n) is 7.52.